The second-order valence-electron chi connectivity index (χ2n) is 6.94. The predicted molar refractivity (Wildman–Crippen MR) is 96.1 cm³/mol. The van der Waals surface area contributed by atoms with Gasteiger partial charge >= 0.3 is 0 Å². The van der Waals surface area contributed by atoms with Gasteiger partial charge in [-0.15, -0.1) is 0 Å². The molecule has 1 atom stereocenters. The lowest BCUT2D eigenvalue weighted by Crippen LogP contribution is -2.27. The van der Waals surface area contributed by atoms with Gasteiger partial charge in [0.05, 0.1) is 11.7 Å². The first-order valence-corrected chi connectivity index (χ1v) is 8.87. The fraction of sp³-hybridized carbons (Fsp3) is 0.500. The summed E-state index contributed by atoms with van der Waals surface area (Å²) in [5.74, 6) is 0.0770. The van der Waals surface area contributed by atoms with E-state index in [0.717, 1.165) is 11.4 Å². The highest BCUT2D eigenvalue weighted by molar-refractivity contribution is 5.76. The van der Waals surface area contributed by atoms with Crippen molar-refractivity contribution in [3.63, 3.8) is 0 Å². The zero-order valence-electron chi connectivity index (χ0n) is 15.1. The predicted octanol–water partition coefficient (Wildman–Crippen LogP) is 3.56. The van der Waals surface area contributed by atoms with Crippen LogP contribution in [0.2, 0.25) is 0 Å². The van der Waals surface area contributed by atoms with Crippen LogP contribution < -0.4 is 5.32 Å². The zero-order valence-corrected chi connectivity index (χ0v) is 15.1. The highest BCUT2D eigenvalue weighted by Crippen LogP contribution is 2.25. The number of amides is 1. The van der Waals surface area contributed by atoms with Crippen molar-refractivity contribution < 1.29 is 4.79 Å². The van der Waals surface area contributed by atoms with E-state index in [9.17, 15) is 4.79 Å². The van der Waals surface area contributed by atoms with E-state index in [2.05, 4.69) is 49.4 Å². The van der Waals surface area contributed by atoms with Crippen LogP contribution in [0.5, 0.6) is 0 Å². The number of hydrogen-bond acceptors (Lipinski definition) is 2. The molecule has 1 aromatic carbocycles. The first kappa shape index (κ1) is 16.7. The van der Waals surface area contributed by atoms with Crippen LogP contribution >= 0.6 is 0 Å². The summed E-state index contributed by atoms with van der Waals surface area (Å²) in [6.45, 7) is 8.82. The van der Waals surface area contributed by atoms with Gasteiger partial charge in [-0.3, -0.25) is 9.48 Å². The van der Waals surface area contributed by atoms with E-state index < -0.39 is 0 Å². The van der Waals surface area contributed by atoms with Crippen LogP contribution in [0.1, 0.15) is 59.4 Å². The van der Waals surface area contributed by atoms with Gasteiger partial charge in [-0.25, -0.2) is 0 Å². The Balaban J connectivity index is 1.57. The van der Waals surface area contributed by atoms with Crippen molar-refractivity contribution in [3.8, 4) is 0 Å². The standard InChI is InChI=1S/C20H27N3O/c1-13-14(2)22-23(16(13)4)11-10-20(24)21-15(3)18-9-8-17-6-5-7-19(17)12-18/h8-9,12,15H,5-7,10-11H2,1-4H3,(H,21,24). The third-order valence-electron chi connectivity index (χ3n) is 5.29. The molecule has 2 aromatic rings. The van der Waals surface area contributed by atoms with Gasteiger partial charge in [0.1, 0.15) is 0 Å². The number of rotatable bonds is 5. The molecule has 0 spiro atoms. The van der Waals surface area contributed by atoms with Crippen molar-refractivity contribution in [1.29, 1.82) is 0 Å². The smallest absolute Gasteiger partial charge is 0.222 e. The van der Waals surface area contributed by atoms with E-state index in [-0.39, 0.29) is 11.9 Å². The lowest BCUT2D eigenvalue weighted by molar-refractivity contribution is -0.122. The van der Waals surface area contributed by atoms with Crippen molar-refractivity contribution in [3.05, 3.63) is 51.8 Å². The van der Waals surface area contributed by atoms with Gasteiger partial charge in [0.25, 0.3) is 0 Å². The number of nitrogens with zero attached hydrogens (tertiary/aromatic N) is 2. The number of aromatic nitrogens is 2. The Morgan fingerprint density at radius 1 is 1.25 bits per heavy atom. The zero-order chi connectivity index (χ0) is 17.3. The average Bonchev–Trinajstić information content (AvgIpc) is 3.12. The Hall–Kier alpha value is -2.10. The topological polar surface area (TPSA) is 46.9 Å². The number of benzene rings is 1. The summed E-state index contributed by atoms with van der Waals surface area (Å²) in [7, 11) is 0. The normalized spacial score (nSPS) is 14.5. The summed E-state index contributed by atoms with van der Waals surface area (Å²) in [6, 6.07) is 6.68. The number of carbonyl (C=O) groups is 1. The summed E-state index contributed by atoms with van der Waals surface area (Å²) < 4.78 is 1.93. The number of hydrogen-bond donors (Lipinski definition) is 1. The lowest BCUT2D eigenvalue weighted by atomic mass is 10.0. The second-order valence-corrected chi connectivity index (χ2v) is 6.94. The van der Waals surface area contributed by atoms with Crippen LogP contribution in [0, 0.1) is 20.8 Å². The maximum atomic E-state index is 12.3. The molecule has 1 aromatic heterocycles. The summed E-state index contributed by atoms with van der Waals surface area (Å²) in [5.41, 5.74) is 7.52. The molecule has 128 valence electrons. The van der Waals surface area contributed by atoms with Crippen molar-refractivity contribution >= 4 is 5.91 Å². The SMILES string of the molecule is Cc1nn(CCC(=O)NC(C)c2ccc3c(c2)CCC3)c(C)c1C. The molecule has 0 aliphatic heterocycles. The third-order valence-corrected chi connectivity index (χ3v) is 5.29. The molecule has 0 saturated heterocycles. The molecule has 1 amide bonds. The quantitative estimate of drug-likeness (QED) is 0.913. The largest absolute Gasteiger partial charge is 0.350 e. The molecule has 3 rings (SSSR count). The van der Waals surface area contributed by atoms with Gasteiger partial charge in [-0.05, 0) is 69.2 Å². The molecule has 0 fully saturated rings. The minimum atomic E-state index is 0.0468. The van der Waals surface area contributed by atoms with E-state index in [4.69, 9.17) is 0 Å². The maximum Gasteiger partial charge on any atom is 0.222 e. The van der Waals surface area contributed by atoms with E-state index in [0.29, 0.717) is 13.0 Å². The monoisotopic (exact) mass is 325 g/mol. The summed E-state index contributed by atoms with van der Waals surface area (Å²) in [6.07, 6.45) is 4.07. The first-order chi connectivity index (χ1) is 11.5. The molecule has 1 aliphatic carbocycles. The molecule has 1 heterocycles. The van der Waals surface area contributed by atoms with E-state index in [1.54, 1.807) is 0 Å². The first-order valence-electron chi connectivity index (χ1n) is 8.87. The summed E-state index contributed by atoms with van der Waals surface area (Å²) >= 11 is 0. The Labute approximate surface area is 144 Å². The number of aryl methyl sites for hydroxylation is 4. The molecule has 1 N–H and O–H groups in total. The van der Waals surface area contributed by atoms with Crippen LogP contribution in [-0.4, -0.2) is 15.7 Å². The highest BCUT2D eigenvalue weighted by Gasteiger charge is 2.15. The van der Waals surface area contributed by atoms with E-state index in [1.807, 2.05) is 11.6 Å². The molecule has 24 heavy (non-hydrogen) atoms. The van der Waals surface area contributed by atoms with Crippen LogP contribution in [0.4, 0.5) is 0 Å². The number of fused-ring (bicyclic) bond motifs is 1. The fourth-order valence-electron chi connectivity index (χ4n) is 3.47. The number of nitrogens with one attached hydrogen (secondary N) is 1. The average molecular weight is 325 g/mol. The molecular formula is C20H27N3O. The minimum Gasteiger partial charge on any atom is -0.350 e. The van der Waals surface area contributed by atoms with Gasteiger partial charge in [-0.1, -0.05) is 18.2 Å². The summed E-state index contributed by atoms with van der Waals surface area (Å²) in [5, 5.41) is 7.61. The molecule has 0 saturated carbocycles. The van der Waals surface area contributed by atoms with Crippen molar-refractivity contribution in [1.82, 2.24) is 15.1 Å². The Morgan fingerprint density at radius 3 is 2.71 bits per heavy atom. The number of carbonyl (C=O) groups excluding carboxylic acids is 1. The van der Waals surface area contributed by atoms with Crippen LogP contribution in [0.15, 0.2) is 18.2 Å². The van der Waals surface area contributed by atoms with E-state index >= 15 is 0 Å². The molecule has 1 aliphatic rings. The van der Waals surface area contributed by atoms with Gasteiger partial charge in [0, 0.05) is 18.7 Å². The molecule has 4 nitrogen and oxygen atoms in total. The van der Waals surface area contributed by atoms with Gasteiger partial charge in [0.15, 0.2) is 0 Å². The maximum absolute atomic E-state index is 12.3. The third kappa shape index (κ3) is 3.37. The second kappa shape index (κ2) is 6.80. The van der Waals surface area contributed by atoms with Crippen molar-refractivity contribution in [2.45, 2.75) is 66.0 Å². The van der Waals surface area contributed by atoms with Gasteiger partial charge in [0.2, 0.25) is 5.91 Å². The van der Waals surface area contributed by atoms with E-state index in [1.165, 1.54) is 41.5 Å². The van der Waals surface area contributed by atoms with Crippen LogP contribution in [0.25, 0.3) is 0 Å². The van der Waals surface area contributed by atoms with Crippen LogP contribution in [-0.2, 0) is 24.2 Å². The molecular weight excluding hydrogens is 298 g/mol. The Morgan fingerprint density at radius 2 is 2.00 bits per heavy atom. The molecule has 4 heteroatoms. The van der Waals surface area contributed by atoms with Gasteiger partial charge < -0.3 is 5.32 Å². The minimum absolute atomic E-state index is 0.0468. The van der Waals surface area contributed by atoms with Crippen molar-refractivity contribution in [2.24, 2.45) is 0 Å². The van der Waals surface area contributed by atoms with Crippen molar-refractivity contribution in [2.75, 3.05) is 0 Å². The summed E-state index contributed by atoms with van der Waals surface area (Å²) in [4.78, 5) is 12.3. The molecule has 1 unspecified atom stereocenters. The Kier molecular flexibility index (Phi) is 4.74. The molecule has 0 bridgehead atoms. The fourth-order valence-corrected chi connectivity index (χ4v) is 3.47. The highest BCUT2D eigenvalue weighted by atomic mass is 16.1. The lowest BCUT2D eigenvalue weighted by Gasteiger charge is -2.16. The van der Waals surface area contributed by atoms with Crippen LogP contribution in [0.3, 0.4) is 0 Å². The van der Waals surface area contributed by atoms with Gasteiger partial charge in [-0.2, -0.15) is 5.10 Å². The molecule has 0 radical (unpaired) electrons. The Bertz CT molecular complexity index is 760.